The van der Waals surface area contributed by atoms with Crippen LogP contribution in [0.5, 0.6) is 5.75 Å². The van der Waals surface area contributed by atoms with E-state index in [4.69, 9.17) is 17.0 Å². The summed E-state index contributed by atoms with van der Waals surface area (Å²) in [6.45, 7) is 4.78. The van der Waals surface area contributed by atoms with Crippen LogP contribution in [-0.2, 0) is 20.7 Å². The largest absolute Gasteiger partial charge is 0.462 e. The summed E-state index contributed by atoms with van der Waals surface area (Å²) in [4.78, 5) is 11.4. The standard InChI is InChI=1S/C25H33NO6/c1-15-7-6-8-18(13-15)20-14-19(10-9-17(20)11-12-26-16(2)27)31-24-22(29)21(28)23(30-5)25(3,4)32-24/h6-10,13-14,21-24,28-29H,11-12H2,1-5H3,(H,26,27)/t21-,22+,23+,24+/m0/s1/i12D2. The van der Waals surface area contributed by atoms with Crippen LogP contribution < -0.4 is 10.1 Å². The van der Waals surface area contributed by atoms with Crippen molar-refractivity contribution in [1.82, 2.24) is 5.32 Å². The molecule has 1 aliphatic rings. The lowest BCUT2D eigenvalue weighted by molar-refractivity contribution is -0.305. The molecule has 2 aromatic rings. The van der Waals surface area contributed by atoms with Gasteiger partial charge in [-0.05, 0) is 56.0 Å². The SMILES string of the molecule is [2H]C([2H])(Cc1ccc(O[C@@H]2OC(C)(C)[C@H](OC)[C@@H](O)[C@H]2O)cc1-c1cccc(C)c1)NC(C)=O. The monoisotopic (exact) mass is 445 g/mol. The van der Waals surface area contributed by atoms with E-state index in [1.54, 1.807) is 32.0 Å². The molecule has 0 aliphatic carbocycles. The molecule has 0 saturated carbocycles. The Kier molecular flexibility index (Phi) is 6.69. The molecule has 3 rings (SSSR count). The zero-order valence-corrected chi connectivity index (χ0v) is 19.1. The molecule has 1 aliphatic heterocycles. The molecule has 0 spiro atoms. The van der Waals surface area contributed by atoms with Crippen molar-refractivity contribution in [1.29, 1.82) is 0 Å². The van der Waals surface area contributed by atoms with Gasteiger partial charge in [-0.15, -0.1) is 0 Å². The first kappa shape index (κ1) is 21.4. The van der Waals surface area contributed by atoms with Gasteiger partial charge in [-0.3, -0.25) is 4.79 Å². The van der Waals surface area contributed by atoms with Crippen LogP contribution in [0.15, 0.2) is 42.5 Å². The second kappa shape index (κ2) is 10.0. The van der Waals surface area contributed by atoms with Crippen LogP contribution in [0, 0.1) is 6.92 Å². The van der Waals surface area contributed by atoms with Gasteiger partial charge in [-0.25, -0.2) is 0 Å². The van der Waals surface area contributed by atoms with E-state index in [2.05, 4.69) is 5.32 Å². The summed E-state index contributed by atoms with van der Waals surface area (Å²) in [5.41, 5.74) is 2.35. The van der Waals surface area contributed by atoms with Crippen LogP contribution in [0.1, 0.15) is 34.6 Å². The normalized spacial score (nSPS) is 26.1. The summed E-state index contributed by atoms with van der Waals surface area (Å²) in [5.74, 6) is -0.0794. The summed E-state index contributed by atoms with van der Waals surface area (Å²) in [7, 11) is 1.44. The lowest BCUT2D eigenvalue weighted by Crippen LogP contribution is -2.63. The molecule has 4 atom stereocenters. The molecule has 3 N–H and O–H groups in total. The molecule has 1 heterocycles. The van der Waals surface area contributed by atoms with Crippen LogP contribution >= 0.6 is 0 Å². The van der Waals surface area contributed by atoms with Crippen LogP contribution in [0.2, 0.25) is 0 Å². The van der Waals surface area contributed by atoms with E-state index in [-0.39, 0.29) is 6.42 Å². The summed E-state index contributed by atoms with van der Waals surface area (Å²) in [6.07, 6.45) is -4.48. The molecule has 1 fully saturated rings. The second-order valence-corrected chi connectivity index (χ2v) is 8.57. The minimum atomic E-state index is -1.95. The smallest absolute Gasteiger partial charge is 0.229 e. The molecule has 0 bridgehead atoms. The average molecular weight is 446 g/mol. The number of aryl methyl sites for hydroxylation is 2. The van der Waals surface area contributed by atoms with Gasteiger partial charge >= 0.3 is 0 Å². The maximum absolute atomic E-state index is 11.4. The molecule has 7 heteroatoms. The molecule has 7 nitrogen and oxygen atoms in total. The van der Waals surface area contributed by atoms with E-state index < -0.39 is 42.6 Å². The minimum Gasteiger partial charge on any atom is -0.462 e. The Morgan fingerprint density at radius 3 is 2.62 bits per heavy atom. The van der Waals surface area contributed by atoms with Gasteiger partial charge in [-0.1, -0.05) is 35.9 Å². The number of aliphatic hydroxyl groups excluding tert-OH is 2. The Hall–Kier alpha value is -2.45. The van der Waals surface area contributed by atoms with E-state index in [9.17, 15) is 15.0 Å². The summed E-state index contributed by atoms with van der Waals surface area (Å²) >= 11 is 0. The fourth-order valence-electron chi connectivity index (χ4n) is 3.97. The van der Waals surface area contributed by atoms with E-state index in [1.165, 1.54) is 14.0 Å². The topological polar surface area (TPSA) is 97.2 Å². The summed E-state index contributed by atoms with van der Waals surface area (Å²) < 4.78 is 33.6. The number of benzene rings is 2. The van der Waals surface area contributed by atoms with E-state index in [0.717, 1.165) is 16.7 Å². The van der Waals surface area contributed by atoms with Crippen LogP contribution in [0.4, 0.5) is 0 Å². The number of amides is 1. The number of ether oxygens (including phenoxy) is 3. The van der Waals surface area contributed by atoms with Crippen molar-refractivity contribution in [2.45, 2.75) is 64.3 Å². The van der Waals surface area contributed by atoms with Gasteiger partial charge in [0.05, 0.1) is 5.60 Å². The quantitative estimate of drug-likeness (QED) is 0.606. The van der Waals surface area contributed by atoms with Gasteiger partial charge in [0.15, 0.2) is 0 Å². The number of rotatable bonds is 7. The number of carbonyl (C=O) groups is 1. The predicted molar refractivity (Wildman–Crippen MR) is 121 cm³/mol. The maximum atomic E-state index is 11.4. The highest BCUT2D eigenvalue weighted by molar-refractivity contribution is 5.73. The fraction of sp³-hybridized carbons (Fsp3) is 0.480. The third kappa shape index (κ3) is 5.48. The molecule has 1 saturated heterocycles. The van der Waals surface area contributed by atoms with Crippen molar-refractivity contribution in [2.75, 3.05) is 13.6 Å². The zero-order chi connectivity index (χ0) is 25.3. The minimum absolute atomic E-state index is 0.0556. The number of carbonyl (C=O) groups excluding carboxylic acids is 1. The van der Waals surface area contributed by atoms with Crippen molar-refractivity contribution in [3.8, 4) is 16.9 Å². The van der Waals surface area contributed by atoms with Gasteiger partial charge in [0, 0.05) is 23.3 Å². The Bertz CT molecular complexity index is 1030. The number of nitrogens with one attached hydrogen (secondary N) is 1. The first-order valence-electron chi connectivity index (χ1n) is 11.5. The summed E-state index contributed by atoms with van der Waals surface area (Å²) in [5, 5.41) is 23.4. The molecule has 174 valence electrons. The highest BCUT2D eigenvalue weighted by atomic mass is 16.7. The maximum Gasteiger partial charge on any atom is 0.229 e. The van der Waals surface area contributed by atoms with Crippen LogP contribution in [0.25, 0.3) is 11.1 Å². The molecular formula is C25H33NO6. The fourth-order valence-corrected chi connectivity index (χ4v) is 3.97. The van der Waals surface area contributed by atoms with Crippen LogP contribution in [-0.4, -0.2) is 59.9 Å². The van der Waals surface area contributed by atoms with E-state index in [1.807, 2.05) is 31.2 Å². The van der Waals surface area contributed by atoms with Gasteiger partial charge < -0.3 is 29.7 Å². The van der Waals surface area contributed by atoms with Gasteiger partial charge in [0.2, 0.25) is 12.2 Å². The summed E-state index contributed by atoms with van der Waals surface area (Å²) in [6, 6.07) is 12.9. The lowest BCUT2D eigenvalue weighted by Gasteiger charge is -2.46. The molecule has 0 radical (unpaired) electrons. The molecular weight excluding hydrogens is 410 g/mol. The third-order valence-corrected chi connectivity index (χ3v) is 5.50. The number of aliphatic hydroxyl groups is 2. The van der Waals surface area contributed by atoms with Gasteiger partial charge in [-0.2, -0.15) is 0 Å². The Labute approximate surface area is 192 Å². The van der Waals surface area contributed by atoms with E-state index >= 15 is 0 Å². The van der Waals surface area contributed by atoms with Gasteiger partial charge in [0.1, 0.15) is 24.1 Å². The molecule has 0 aromatic heterocycles. The molecule has 2 aromatic carbocycles. The second-order valence-electron chi connectivity index (χ2n) is 8.57. The number of hydrogen-bond donors (Lipinski definition) is 3. The average Bonchev–Trinajstić information content (AvgIpc) is 2.71. The number of methoxy groups -OCH3 is 1. The zero-order valence-electron chi connectivity index (χ0n) is 21.1. The third-order valence-electron chi connectivity index (χ3n) is 5.50. The first-order valence-corrected chi connectivity index (χ1v) is 10.5. The molecule has 1 amide bonds. The van der Waals surface area contributed by atoms with Crippen molar-refractivity contribution < 1.29 is 32.0 Å². The van der Waals surface area contributed by atoms with Crippen molar-refractivity contribution in [3.05, 3.63) is 53.6 Å². The van der Waals surface area contributed by atoms with E-state index in [0.29, 0.717) is 11.3 Å². The lowest BCUT2D eigenvalue weighted by atomic mass is 9.89. The molecule has 0 unspecified atom stereocenters. The first-order chi connectivity index (χ1) is 15.8. The van der Waals surface area contributed by atoms with Crippen molar-refractivity contribution >= 4 is 5.91 Å². The molecule has 32 heavy (non-hydrogen) atoms. The Morgan fingerprint density at radius 2 is 1.97 bits per heavy atom. The van der Waals surface area contributed by atoms with Gasteiger partial charge in [0.25, 0.3) is 0 Å². The Morgan fingerprint density at radius 1 is 1.22 bits per heavy atom. The van der Waals surface area contributed by atoms with Crippen molar-refractivity contribution in [3.63, 3.8) is 0 Å². The van der Waals surface area contributed by atoms with Crippen LogP contribution in [0.3, 0.4) is 0 Å². The predicted octanol–water partition coefficient (Wildman–Crippen LogP) is 2.59. The Balaban J connectivity index is 1.95. The van der Waals surface area contributed by atoms with Crippen molar-refractivity contribution in [2.24, 2.45) is 0 Å². The highest BCUT2D eigenvalue weighted by Gasteiger charge is 2.50. The highest BCUT2D eigenvalue weighted by Crippen LogP contribution is 2.34. The number of hydrogen-bond acceptors (Lipinski definition) is 6.